The Kier molecular flexibility index (Phi) is 5.07. The largest absolute Gasteiger partial charge is 0.375 e. The zero-order chi connectivity index (χ0) is 13.9. The van der Waals surface area contributed by atoms with Gasteiger partial charge in [0.05, 0.1) is 0 Å². The highest BCUT2D eigenvalue weighted by Gasteiger charge is 2.30. The Hall–Kier alpha value is -0.720. The smallest absolute Gasteiger partial charge is 0.0348 e. The number of rotatable bonds is 4. The van der Waals surface area contributed by atoms with Gasteiger partial charge in [0.1, 0.15) is 0 Å². The van der Waals surface area contributed by atoms with E-state index in [1.54, 1.807) is 0 Å². The monoisotopic (exact) mass is 249 g/mol. The van der Waals surface area contributed by atoms with Crippen LogP contribution < -0.4 is 0 Å². The molecule has 1 aliphatic rings. The van der Waals surface area contributed by atoms with Gasteiger partial charge in [-0.3, -0.25) is 0 Å². The molecular weight excluding hydrogens is 218 g/mol. The minimum absolute atomic E-state index is 0.318. The van der Waals surface area contributed by atoms with Crippen LogP contribution in [0, 0.1) is 11.3 Å². The molecule has 1 nitrogen and oxygen atoms in total. The minimum atomic E-state index is 0.318. The molecule has 0 aromatic carbocycles. The van der Waals surface area contributed by atoms with Crippen molar-refractivity contribution in [2.75, 3.05) is 7.05 Å². The molecule has 18 heavy (non-hydrogen) atoms. The SMILES string of the molecule is C=C(C)C1CCCCC1N(C)C(=C)CC(C)(C)C. The fourth-order valence-corrected chi connectivity index (χ4v) is 3.12. The van der Waals surface area contributed by atoms with Crippen molar-refractivity contribution in [3.05, 3.63) is 24.4 Å². The van der Waals surface area contributed by atoms with Crippen LogP contribution in [0.1, 0.15) is 59.8 Å². The molecule has 2 atom stereocenters. The lowest BCUT2D eigenvalue weighted by Crippen LogP contribution is -2.40. The molecule has 0 aliphatic heterocycles. The third kappa shape index (κ3) is 4.19. The van der Waals surface area contributed by atoms with Gasteiger partial charge < -0.3 is 4.90 Å². The molecule has 1 aliphatic carbocycles. The Bertz CT molecular complexity index is 308. The zero-order valence-corrected chi connectivity index (χ0v) is 13.1. The van der Waals surface area contributed by atoms with E-state index in [1.165, 1.54) is 37.0 Å². The van der Waals surface area contributed by atoms with Crippen LogP contribution in [-0.2, 0) is 0 Å². The fourth-order valence-electron chi connectivity index (χ4n) is 3.12. The summed E-state index contributed by atoms with van der Waals surface area (Å²) in [6.07, 6.45) is 6.36. The summed E-state index contributed by atoms with van der Waals surface area (Å²) in [5.41, 5.74) is 2.94. The first-order valence-electron chi connectivity index (χ1n) is 7.28. The van der Waals surface area contributed by atoms with Crippen LogP contribution in [-0.4, -0.2) is 18.0 Å². The molecule has 0 N–H and O–H groups in total. The van der Waals surface area contributed by atoms with Crippen molar-refractivity contribution in [1.29, 1.82) is 0 Å². The van der Waals surface area contributed by atoms with Crippen LogP contribution in [0.4, 0.5) is 0 Å². The number of hydrogen-bond acceptors (Lipinski definition) is 1. The van der Waals surface area contributed by atoms with Crippen LogP contribution in [0.2, 0.25) is 0 Å². The van der Waals surface area contributed by atoms with Gasteiger partial charge in [0.2, 0.25) is 0 Å². The average Bonchev–Trinajstić information content (AvgIpc) is 2.25. The van der Waals surface area contributed by atoms with Gasteiger partial charge >= 0.3 is 0 Å². The van der Waals surface area contributed by atoms with Gasteiger partial charge in [-0.15, -0.1) is 0 Å². The molecule has 1 heteroatoms. The molecule has 0 bridgehead atoms. The molecule has 0 aromatic heterocycles. The standard InChI is InChI=1S/C17H31N/c1-13(2)15-10-8-9-11-16(15)18(7)14(3)12-17(4,5)6/h15-16H,1,3,8-12H2,2,4-7H3. The van der Waals surface area contributed by atoms with Crippen molar-refractivity contribution in [3.8, 4) is 0 Å². The minimum Gasteiger partial charge on any atom is -0.375 e. The van der Waals surface area contributed by atoms with Gasteiger partial charge in [-0.05, 0) is 37.5 Å². The average molecular weight is 249 g/mol. The lowest BCUT2D eigenvalue weighted by Gasteiger charge is -2.41. The Labute approximate surface area is 114 Å². The lowest BCUT2D eigenvalue weighted by molar-refractivity contribution is 0.170. The summed E-state index contributed by atoms with van der Waals surface area (Å²) in [5, 5.41) is 0. The molecule has 104 valence electrons. The molecule has 0 heterocycles. The Morgan fingerprint density at radius 1 is 1.17 bits per heavy atom. The van der Waals surface area contributed by atoms with Crippen molar-refractivity contribution >= 4 is 0 Å². The number of hydrogen-bond donors (Lipinski definition) is 0. The molecule has 1 fully saturated rings. The normalized spacial score (nSPS) is 24.7. The van der Waals surface area contributed by atoms with Gasteiger partial charge in [-0.1, -0.05) is 52.3 Å². The van der Waals surface area contributed by atoms with E-state index in [0.717, 1.165) is 6.42 Å². The maximum Gasteiger partial charge on any atom is 0.0348 e. The van der Waals surface area contributed by atoms with Gasteiger partial charge in [-0.2, -0.15) is 0 Å². The van der Waals surface area contributed by atoms with E-state index < -0.39 is 0 Å². The van der Waals surface area contributed by atoms with Crippen molar-refractivity contribution in [2.24, 2.45) is 11.3 Å². The second-order valence-corrected chi connectivity index (χ2v) is 7.22. The first kappa shape index (κ1) is 15.3. The third-order valence-electron chi connectivity index (χ3n) is 4.09. The van der Waals surface area contributed by atoms with E-state index in [9.17, 15) is 0 Å². The van der Waals surface area contributed by atoms with Crippen molar-refractivity contribution in [3.63, 3.8) is 0 Å². The first-order chi connectivity index (χ1) is 8.22. The topological polar surface area (TPSA) is 3.24 Å². The molecule has 0 amide bonds. The second kappa shape index (κ2) is 5.95. The molecule has 0 saturated heterocycles. The van der Waals surface area contributed by atoms with E-state index >= 15 is 0 Å². The van der Waals surface area contributed by atoms with Gasteiger partial charge in [0.25, 0.3) is 0 Å². The summed E-state index contributed by atoms with van der Waals surface area (Å²) < 4.78 is 0. The van der Waals surface area contributed by atoms with E-state index in [1.807, 2.05) is 0 Å². The first-order valence-corrected chi connectivity index (χ1v) is 7.28. The molecule has 1 saturated carbocycles. The molecule has 0 aromatic rings. The van der Waals surface area contributed by atoms with Crippen molar-refractivity contribution in [1.82, 2.24) is 4.90 Å². The molecule has 0 spiro atoms. The van der Waals surface area contributed by atoms with Gasteiger partial charge in [0.15, 0.2) is 0 Å². The Morgan fingerprint density at radius 2 is 1.72 bits per heavy atom. The molecule has 2 unspecified atom stereocenters. The Morgan fingerprint density at radius 3 is 2.22 bits per heavy atom. The quantitative estimate of drug-likeness (QED) is 0.634. The summed E-state index contributed by atoms with van der Waals surface area (Å²) in [4.78, 5) is 2.43. The Balaban J connectivity index is 2.71. The summed E-state index contributed by atoms with van der Waals surface area (Å²) in [6.45, 7) is 17.5. The van der Waals surface area contributed by atoms with Crippen LogP contribution >= 0.6 is 0 Å². The predicted octanol–water partition coefficient (Wildman–Crippen LogP) is 5.00. The van der Waals surface area contributed by atoms with E-state index in [4.69, 9.17) is 0 Å². The molecule has 1 rings (SSSR count). The second-order valence-electron chi connectivity index (χ2n) is 7.22. The summed E-state index contributed by atoms with van der Waals surface area (Å²) in [5.74, 6) is 0.653. The summed E-state index contributed by atoms with van der Waals surface area (Å²) >= 11 is 0. The maximum absolute atomic E-state index is 4.31. The van der Waals surface area contributed by atoms with Crippen LogP contribution in [0.5, 0.6) is 0 Å². The van der Waals surface area contributed by atoms with E-state index in [-0.39, 0.29) is 0 Å². The molecular formula is C17H31N. The van der Waals surface area contributed by atoms with Crippen molar-refractivity contribution in [2.45, 2.75) is 65.8 Å². The van der Waals surface area contributed by atoms with Crippen molar-refractivity contribution < 1.29 is 0 Å². The number of nitrogens with zero attached hydrogens (tertiary/aromatic N) is 1. The highest BCUT2D eigenvalue weighted by atomic mass is 15.1. The van der Waals surface area contributed by atoms with E-state index in [2.05, 4.69) is 52.8 Å². The van der Waals surface area contributed by atoms with E-state index in [0.29, 0.717) is 17.4 Å². The summed E-state index contributed by atoms with van der Waals surface area (Å²) in [7, 11) is 2.22. The van der Waals surface area contributed by atoms with Crippen LogP contribution in [0.3, 0.4) is 0 Å². The third-order valence-corrected chi connectivity index (χ3v) is 4.09. The zero-order valence-electron chi connectivity index (χ0n) is 13.1. The van der Waals surface area contributed by atoms with Crippen LogP contribution in [0.25, 0.3) is 0 Å². The van der Waals surface area contributed by atoms with Gasteiger partial charge in [-0.25, -0.2) is 0 Å². The molecule has 0 radical (unpaired) electrons. The maximum atomic E-state index is 4.31. The summed E-state index contributed by atoms with van der Waals surface area (Å²) in [6, 6.07) is 0.617. The highest BCUT2D eigenvalue weighted by molar-refractivity contribution is 5.08. The van der Waals surface area contributed by atoms with Gasteiger partial charge in [0, 0.05) is 18.8 Å². The number of allylic oxidation sites excluding steroid dienone is 1. The predicted molar refractivity (Wildman–Crippen MR) is 81.5 cm³/mol. The van der Waals surface area contributed by atoms with Crippen LogP contribution in [0.15, 0.2) is 24.4 Å². The highest BCUT2D eigenvalue weighted by Crippen LogP contribution is 2.35. The lowest BCUT2D eigenvalue weighted by atomic mass is 9.79. The fraction of sp³-hybridized carbons (Fsp3) is 0.765.